The first-order valence-corrected chi connectivity index (χ1v) is 14.2. The van der Waals surface area contributed by atoms with Crippen LogP contribution in [0.4, 0.5) is 0 Å². The van der Waals surface area contributed by atoms with Crippen LogP contribution < -0.4 is 0 Å². The Hall–Kier alpha value is -0.0800. The quantitative estimate of drug-likeness (QED) is 0.461. The van der Waals surface area contributed by atoms with Crippen LogP contribution in [0, 0.1) is 50.7 Å². The molecule has 6 aliphatic rings. The maximum Gasteiger partial charge on any atom is 0.0892 e. The molecule has 2 heteroatoms. The summed E-state index contributed by atoms with van der Waals surface area (Å²) in [6.45, 7) is 17.3. The number of ether oxygens (including phenoxy) is 1. The summed E-state index contributed by atoms with van der Waals surface area (Å²) in [5, 5.41) is 10.9. The molecule has 1 N–H and O–H groups in total. The number of fused-ring (bicyclic) bond motifs is 2. The Morgan fingerprint density at radius 1 is 0.812 bits per heavy atom. The van der Waals surface area contributed by atoms with E-state index in [1.165, 1.54) is 64.2 Å². The number of hydrogen-bond donors (Lipinski definition) is 1. The molecule has 0 aromatic rings. The van der Waals surface area contributed by atoms with Gasteiger partial charge in [-0.2, -0.15) is 0 Å². The molecule has 10 atom stereocenters. The predicted molar refractivity (Wildman–Crippen MR) is 130 cm³/mol. The van der Waals surface area contributed by atoms with Gasteiger partial charge in [0.05, 0.1) is 17.8 Å². The fourth-order valence-electron chi connectivity index (χ4n) is 11.7. The van der Waals surface area contributed by atoms with Crippen molar-refractivity contribution in [3.8, 4) is 0 Å². The van der Waals surface area contributed by atoms with Crippen LogP contribution in [-0.4, -0.2) is 22.9 Å². The molecule has 5 saturated carbocycles. The second-order valence-corrected chi connectivity index (χ2v) is 15.3. The molecule has 2 spiro atoms. The van der Waals surface area contributed by atoms with E-state index in [2.05, 4.69) is 48.5 Å². The third-order valence-electron chi connectivity index (χ3n) is 13.9. The lowest BCUT2D eigenvalue weighted by Gasteiger charge is -2.63. The molecule has 182 valence electrons. The molecule has 6 rings (SSSR count). The number of hydrogen-bond acceptors (Lipinski definition) is 2. The summed E-state index contributed by atoms with van der Waals surface area (Å²) in [5.41, 5.74) is 2.48. The minimum absolute atomic E-state index is 0.0890. The third kappa shape index (κ3) is 2.51. The summed E-state index contributed by atoms with van der Waals surface area (Å²) in [5.74, 6) is 3.40. The lowest BCUT2D eigenvalue weighted by molar-refractivity contribution is -0.161. The van der Waals surface area contributed by atoms with Crippen molar-refractivity contribution in [2.24, 2.45) is 50.7 Å². The number of aliphatic hydroxyl groups is 1. The van der Waals surface area contributed by atoms with Gasteiger partial charge in [0.2, 0.25) is 0 Å². The summed E-state index contributed by atoms with van der Waals surface area (Å²) in [4.78, 5) is 0. The Bertz CT molecular complexity index is 801. The average molecular weight is 443 g/mol. The zero-order chi connectivity index (χ0) is 22.9. The third-order valence-corrected chi connectivity index (χ3v) is 13.9. The van der Waals surface area contributed by atoms with E-state index in [1.807, 2.05) is 0 Å². The first-order chi connectivity index (χ1) is 14.8. The van der Waals surface area contributed by atoms with Crippen molar-refractivity contribution in [3.63, 3.8) is 0 Å². The molecule has 0 unspecified atom stereocenters. The topological polar surface area (TPSA) is 32.8 Å². The van der Waals surface area contributed by atoms with Crippen molar-refractivity contribution < 1.29 is 9.84 Å². The van der Waals surface area contributed by atoms with Gasteiger partial charge in [0, 0.05) is 0 Å². The van der Waals surface area contributed by atoms with E-state index in [4.69, 9.17) is 4.74 Å². The van der Waals surface area contributed by atoms with Crippen molar-refractivity contribution in [2.45, 2.75) is 137 Å². The van der Waals surface area contributed by atoms with Crippen molar-refractivity contribution in [1.29, 1.82) is 0 Å². The molecule has 6 fully saturated rings. The summed E-state index contributed by atoms with van der Waals surface area (Å²) >= 11 is 0. The van der Waals surface area contributed by atoms with Gasteiger partial charge in [0.1, 0.15) is 0 Å². The first kappa shape index (κ1) is 22.4. The molecule has 2 nitrogen and oxygen atoms in total. The summed E-state index contributed by atoms with van der Waals surface area (Å²) in [6.07, 6.45) is 15.5. The Labute approximate surface area is 197 Å². The SMILES string of the molecule is C[C@@H](CC[C@H]1OC1(C)C)[C@H]1CC[C@@]2(C)[C@@H]3CC[C@H]4C(C)(C)[C@@H](O)CC[C@@]45C[C@@]35CC[C@]12C. The van der Waals surface area contributed by atoms with Gasteiger partial charge in [0.25, 0.3) is 0 Å². The first-order valence-electron chi connectivity index (χ1n) is 14.2. The Balaban J connectivity index is 1.24. The highest BCUT2D eigenvalue weighted by molar-refractivity contribution is 5.30. The zero-order valence-corrected chi connectivity index (χ0v) is 22.1. The smallest absolute Gasteiger partial charge is 0.0892 e. The highest BCUT2D eigenvalue weighted by Gasteiger charge is 2.82. The summed E-state index contributed by atoms with van der Waals surface area (Å²) in [7, 11) is 0. The van der Waals surface area contributed by atoms with Crippen LogP contribution >= 0.6 is 0 Å². The minimum atomic E-state index is -0.0890. The molecular formula is C30H50O2. The fraction of sp³-hybridized carbons (Fsp3) is 1.00. The Kier molecular flexibility index (Phi) is 4.46. The largest absolute Gasteiger partial charge is 0.393 e. The van der Waals surface area contributed by atoms with E-state index in [-0.39, 0.29) is 17.1 Å². The normalized spacial score (nSPS) is 57.6. The van der Waals surface area contributed by atoms with Crippen LogP contribution in [0.3, 0.4) is 0 Å². The van der Waals surface area contributed by atoms with Crippen LogP contribution in [0.1, 0.15) is 119 Å². The summed E-state index contributed by atoms with van der Waals surface area (Å²) < 4.78 is 5.91. The molecule has 0 aromatic carbocycles. The van der Waals surface area contributed by atoms with E-state index >= 15 is 0 Å². The molecular weight excluding hydrogens is 392 g/mol. The highest BCUT2D eigenvalue weighted by Crippen LogP contribution is 2.89. The van der Waals surface area contributed by atoms with Gasteiger partial charge in [-0.1, -0.05) is 34.6 Å². The van der Waals surface area contributed by atoms with Gasteiger partial charge in [-0.3, -0.25) is 0 Å². The van der Waals surface area contributed by atoms with Gasteiger partial charge in [0.15, 0.2) is 0 Å². The second-order valence-electron chi connectivity index (χ2n) is 15.3. The maximum absolute atomic E-state index is 10.9. The number of rotatable bonds is 4. The van der Waals surface area contributed by atoms with Crippen LogP contribution in [0.25, 0.3) is 0 Å². The summed E-state index contributed by atoms with van der Waals surface area (Å²) in [6, 6.07) is 0. The van der Waals surface area contributed by atoms with Crippen molar-refractivity contribution in [3.05, 3.63) is 0 Å². The monoisotopic (exact) mass is 442 g/mol. The van der Waals surface area contributed by atoms with Crippen LogP contribution in [0.5, 0.6) is 0 Å². The fourth-order valence-corrected chi connectivity index (χ4v) is 11.7. The van der Waals surface area contributed by atoms with Crippen molar-refractivity contribution >= 4 is 0 Å². The van der Waals surface area contributed by atoms with Gasteiger partial charge >= 0.3 is 0 Å². The van der Waals surface area contributed by atoms with Crippen LogP contribution in [0.2, 0.25) is 0 Å². The van der Waals surface area contributed by atoms with E-state index in [9.17, 15) is 5.11 Å². The van der Waals surface area contributed by atoms with Gasteiger partial charge in [-0.15, -0.1) is 0 Å². The predicted octanol–water partition coefficient (Wildman–Crippen LogP) is 7.38. The zero-order valence-electron chi connectivity index (χ0n) is 22.1. The van der Waals surface area contributed by atoms with E-state index in [0.29, 0.717) is 27.8 Å². The molecule has 1 heterocycles. The Morgan fingerprint density at radius 3 is 2.16 bits per heavy atom. The average Bonchev–Trinajstić information content (AvgIpc) is 3.53. The molecule has 0 radical (unpaired) electrons. The lowest BCUT2D eigenvalue weighted by atomic mass is 9.41. The highest BCUT2D eigenvalue weighted by atomic mass is 16.6. The van der Waals surface area contributed by atoms with Gasteiger partial charge in [-0.05, 0) is 135 Å². The Morgan fingerprint density at radius 2 is 1.47 bits per heavy atom. The van der Waals surface area contributed by atoms with Gasteiger partial charge < -0.3 is 9.84 Å². The van der Waals surface area contributed by atoms with Crippen molar-refractivity contribution in [2.75, 3.05) is 0 Å². The second kappa shape index (κ2) is 6.37. The molecule has 0 aromatic heterocycles. The molecule has 32 heavy (non-hydrogen) atoms. The molecule has 0 bridgehead atoms. The molecule has 0 amide bonds. The number of epoxide rings is 1. The minimum Gasteiger partial charge on any atom is -0.393 e. The van der Waals surface area contributed by atoms with E-state index < -0.39 is 0 Å². The van der Waals surface area contributed by atoms with Crippen LogP contribution in [0.15, 0.2) is 0 Å². The molecule has 1 aliphatic heterocycles. The molecule has 5 aliphatic carbocycles. The van der Waals surface area contributed by atoms with E-state index in [0.717, 1.165) is 30.1 Å². The van der Waals surface area contributed by atoms with E-state index in [1.54, 1.807) is 0 Å². The van der Waals surface area contributed by atoms with Crippen molar-refractivity contribution in [1.82, 2.24) is 0 Å². The van der Waals surface area contributed by atoms with Crippen LogP contribution in [-0.2, 0) is 4.74 Å². The molecule has 1 saturated heterocycles. The number of aliphatic hydroxyl groups excluding tert-OH is 1. The lowest BCUT2D eigenvalue weighted by Crippen LogP contribution is -2.57. The van der Waals surface area contributed by atoms with Gasteiger partial charge in [-0.25, -0.2) is 0 Å². The maximum atomic E-state index is 10.9. The standard InChI is InChI=1S/C30H50O2/c1-19(8-11-24-26(4,5)32-24)20-12-14-28(7)22-10-9-21-25(2,3)23(31)13-15-29(21)18-30(22,29)17-16-27(20,28)6/h19-24,31H,8-18H2,1-7H3/t19-,20+,21-,22-,23-,24+,27+,28-,29+,30-/m0/s1.